The van der Waals surface area contributed by atoms with Gasteiger partial charge in [-0.2, -0.15) is 0 Å². The van der Waals surface area contributed by atoms with Crippen LogP contribution in [-0.2, 0) is 33.9 Å². The van der Waals surface area contributed by atoms with Crippen molar-refractivity contribution < 1.29 is 23.9 Å². The van der Waals surface area contributed by atoms with Crippen molar-refractivity contribution >= 4 is 34.6 Å². The molecule has 2 saturated heterocycles. The number of nitrogens with one attached hydrogen (secondary N) is 1. The second kappa shape index (κ2) is 19.4. The molecule has 6 rings (SSSR count). The Hall–Kier alpha value is -5.18. The van der Waals surface area contributed by atoms with Crippen LogP contribution in [0, 0.1) is 0 Å². The van der Waals surface area contributed by atoms with Gasteiger partial charge in [-0.05, 0) is 52.9 Å². The maximum absolute atomic E-state index is 14.6. The number of urea groups is 1. The van der Waals surface area contributed by atoms with Gasteiger partial charge in [0, 0.05) is 38.9 Å². The summed E-state index contributed by atoms with van der Waals surface area (Å²) >= 11 is 0. The van der Waals surface area contributed by atoms with Crippen molar-refractivity contribution in [1.82, 2.24) is 20.0 Å². The maximum Gasteiger partial charge on any atom is 0.319 e. The van der Waals surface area contributed by atoms with Gasteiger partial charge < -0.3 is 24.8 Å². The molecule has 55 heavy (non-hydrogen) atoms. The van der Waals surface area contributed by atoms with E-state index in [9.17, 15) is 19.2 Å². The number of hydrogen-bond acceptors (Lipinski definition) is 5. The van der Waals surface area contributed by atoms with Crippen LogP contribution in [0.3, 0.4) is 0 Å². The van der Waals surface area contributed by atoms with Crippen molar-refractivity contribution in [3.8, 4) is 5.75 Å². The number of esters is 1. The average Bonchev–Trinajstić information content (AvgIpc) is 3.20. The Morgan fingerprint density at radius 1 is 0.764 bits per heavy atom. The van der Waals surface area contributed by atoms with Crippen LogP contribution in [0.5, 0.6) is 5.75 Å². The van der Waals surface area contributed by atoms with E-state index in [4.69, 9.17) is 4.74 Å². The molecule has 0 spiro atoms. The van der Waals surface area contributed by atoms with E-state index in [2.05, 4.69) is 30.4 Å². The highest BCUT2D eigenvalue weighted by Gasteiger charge is 2.52. The Balaban J connectivity index is 1.16. The first-order valence-corrected chi connectivity index (χ1v) is 20.3. The minimum atomic E-state index is -0.826. The molecule has 0 radical (unpaired) electrons. The minimum absolute atomic E-state index is 0.128. The van der Waals surface area contributed by atoms with Gasteiger partial charge in [0.25, 0.3) is 0 Å². The van der Waals surface area contributed by atoms with Crippen molar-refractivity contribution in [2.24, 2.45) is 0 Å². The number of piperazine rings is 1. The maximum atomic E-state index is 14.6. The van der Waals surface area contributed by atoms with E-state index in [0.717, 1.165) is 46.7 Å². The van der Waals surface area contributed by atoms with Gasteiger partial charge in [-0.15, -0.1) is 0 Å². The first kappa shape index (κ1) is 39.5. The highest BCUT2D eigenvalue weighted by Crippen LogP contribution is 2.34. The zero-order valence-electron chi connectivity index (χ0n) is 32.5. The molecular weight excluding hydrogens is 689 g/mol. The summed E-state index contributed by atoms with van der Waals surface area (Å²) in [4.78, 5) is 60.2. The van der Waals surface area contributed by atoms with Crippen LogP contribution in [0.2, 0.25) is 0 Å². The molecule has 0 aromatic heterocycles. The van der Waals surface area contributed by atoms with Crippen LogP contribution in [0.25, 0.3) is 10.8 Å². The normalized spacial score (nSPS) is 18.4. The molecule has 0 saturated carbocycles. The molecule has 2 aliphatic heterocycles. The smallest absolute Gasteiger partial charge is 0.319 e. The molecule has 4 aromatic carbocycles. The Labute approximate surface area is 326 Å². The first-order valence-electron chi connectivity index (χ1n) is 20.3. The summed E-state index contributed by atoms with van der Waals surface area (Å²) in [7, 11) is 0. The Morgan fingerprint density at radius 3 is 2.18 bits per heavy atom. The van der Waals surface area contributed by atoms with Crippen LogP contribution in [0.4, 0.5) is 4.79 Å². The van der Waals surface area contributed by atoms with E-state index in [1.165, 1.54) is 38.5 Å². The zero-order valence-corrected chi connectivity index (χ0v) is 32.5. The second-order valence-corrected chi connectivity index (χ2v) is 15.1. The molecule has 9 heteroatoms. The molecule has 1 N–H and O–H groups in total. The highest BCUT2D eigenvalue weighted by atomic mass is 16.5. The molecule has 2 fully saturated rings. The third kappa shape index (κ3) is 10.1. The van der Waals surface area contributed by atoms with E-state index >= 15 is 0 Å². The lowest BCUT2D eigenvalue weighted by atomic mass is 9.93. The highest BCUT2D eigenvalue weighted by molar-refractivity contribution is 5.92. The van der Waals surface area contributed by atoms with Gasteiger partial charge in [0.1, 0.15) is 18.0 Å². The fourth-order valence-electron chi connectivity index (χ4n) is 8.10. The summed E-state index contributed by atoms with van der Waals surface area (Å²) in [6.07, 6.45) is 10.7. The third-order valence-electron chi connectivity index (χ3n) is 11.1. The summed E-state index contributed by atoms with van der Waals surface area (Å²) in [6.45, 7) is 5.11. The van der Waals surface area contributed by atoms with Crippen molar-refractivity contribution in [1.29, 1.82) is 0 Å². The number of amides is 4. The SMILES string of the molecule is CCCCCCCCCCCC(=O)Oc1ccc(C[C@H]2C(=O)N(Cc3cccc4ccccc34)[C@H](C)C3N(C(=O)NCc4ccccc4)CCC(=O)N32)cc1. The lowest BCUT2D eigenvalue weighted by Gasteiger charge is -2.55. The predicted molar refractivity (Wildman–Crippen MR) is 216 cm³/mol. The molecular formula is C46H56N4O5. The molecule has 0 aliphatic carbocycles. The fraction of sp³-hybridized carbons (Fsp3) is 0.435. The number of carbonyl (C=O) groups excluding carboxylic acids is 4. The molecule has 2 aliphatic rings. The van der Waals surface area contributed by atoms with Gasteiger partial charge >= 0.3 is 12.0 Å². The topological polar surface area (TPSA) is 99.3 Å². The number of fused-ring (bicyclic) bond motifs is 2. The van der Waals surface area contributed by atoms with Crippen LogP contribution < -0.4 is 10.1 Å². The summed E-state index contributed by atoms with van der Waals surface area (Å²) in [5.74, 6) is -0.0927. The van der Waals surface area contributed by atoms with Crippen LogP contribution >= 0.6 is 0 Å². The number of benzene rings is 4. The van der Waals surface area contributed by atoms with Crippen LogP contribution in [-0.4, -0.2) is 63.3 Å². The van der Waals surface area contributed by atoms with Crippen molar-refractivity contribution in [3.05, 3.63) is 114 Å². The number of nitrogens with zero attached hydrogens (tertiary/aromatic N) is 3. The van der Waals surface area contributed by atoms with Gasteiger partial charge in [0.2, 0.25) is 11.8 Å². The van der Waals surface area contributed by atoms with Crippen LogP contribution in [0.1, 0.15) is 101 Å². The summed E-state index contributed by atoms with van der Waals surface area (Å²) in [5, 5.41) is 5.20. The number of carbonyl (C=O) groups is 4. The lowest BCUT2D eigenvalue weighted by Crippen LogP contribution is -2.75. The lowest BCUT2D eigenvalue weighted by molar-refractivity contribution is -0.173. The van der Waals surface area contributed by atoms with E-state index in [1.807, 2.05) is 78.6 Å². The van der Waals surface area contributed by atoms with Crippen molar-refractivity contribution in [2.75, 3.05) is 6.54 Å². The predicted octanol–water partition coefficient (Wildman–Crippen LogP) is 8.78. The fourth-order valence-corrected chi connectivity index (χ4v) is 8.10. The molecule has 3 atom stereocenters. The summed E-state index contributed by atoms with van der Waals surface area (Å²) < 4.78 is 5.65. The molecule has 0 bridgehead atoms. The monoisotopic (exact) mass is 744 g/mol. The number of ether oxygens (including phenoxy) is 1. The molecule has 290 valence electrons. The Kier molecular flexibility index (Phi) is 14.0. The zero-order chi connectivity index (χ0) is 38.6. The molecule has 1 unspecified atom stereocenters. The van der Waals surface area contributed by atoms with E-state index in [1.54, 1.807) is 21.9 Å². The average molecular weight is 745 g/mol. The van der Waals surface area contributed by atoms with Gasteiger partial charge in [-0.25, -0.2) is 4.79 Å². The van der Waals surface area contributed by atoms with Gasteiger partial charge in [0.15, 0.2) is 0 Å². The molecule has 4 amide bonds. The summed E-state index contributed by atoms with van der Waals surface area (Å²) in [5.41, 5.74) is 2.80. The Bertz CT molecular complexity index is 1890. The molecule has 4 aromatic rings. The third-order valence-corrected chi connectivity index (χ3v) is 11.1. The van der Waals surface area contributed by atoms with Gasteiger partial charge in [0.05, 0.1) is 6.04 Å². The van der Waals surface area contributed by atoms with Gasteiger partial charge in [-0.3, -0.25) is 14.4 Å². The summed E-state index contributed by atoms with van der Waals surface area (Å²) in [6, 6.07) is 29.6. The number of unbranched alkanes of at least 4 members (excludes halogenated alkanes) is 8. The minimum Gasteiger partial charge on any atom is -0.427 e. The van der Waals surface area contributed by atoms with Crippen molar-refractivity contribution in [3.63, 3.8) is 0 Å². The second-order valence-electron chi connectivity index (χ2n) is 15.1. The first-order chi connectivity index (χ1) is 26.8. The quantitative estimate of drug-likeness (QED) is 0.0662. The molecule has 2 heterocycles. The Morgan fingerprint density at radius 2 is 1.44 bits per heavy atom. The largest absolute Gasteiger partial charge is 0.427 e. The van der Waals surface area contributed by atoms with Gasteiger partial charge in [-0.1, -0.05) is 143 Å². The number of rotatable bonds is 17. The van der Waals surface area contributed by atoms with E-state index in [0.29, 0.717) is 25.3 Å². The number of hydrogen-bond donors (Lipinski definition) is 1. The standard InChI is InChI=1S/C46H56N4O5/c1-3-4-5-6-7-8-9-10-14-24-43(52)55-39-27-25-35(26-28-39)31-41-45(53)49(33-38-22-17-21-37-20-15-16-23-40(37)38)34(2)44-48(30-29-42(51)50(41)44)46(54)47-32-36-18-12-11-13-19-36/h11-13,15-23,25-28,34,41,44H,3-10,14,24,29-33H2,1-2H3,(H,47,54)/t34-,41+,44?/m1/s1. The molecule has 9 nitrogen and oxygen atoms in total. The van der Waals surface area contributed by atoms with Crippen LogP contribution in [0.15, 0.2) is 97.1 Å². The van der Waals surface area contributed by atoms with E-state index < -0.39 is 18.2 Å². The van der Waals surface area contributed by atoms with Crippen molar-refractivity contribution in [2.45, 2.75) is 122 Å². The van der Waals surface area contributed by atoms with E-state index in [-0.39, 0.29) is 43.2 Å².